The summed E-state index contributed by atoms with van der Waals surface area (Å²) in [5, 5.41) is 0. The molecule has 0 saturated heterocycles. The van der Waals surface area contributed by atoms with Crippen LogP contribution in [0.15, 0.2) is 36.4 Å². The Labute approximate surface area is 153 Å². The molecule has 26 heavy (non-hydrogen) atoms. The molecular weight excluding hydrogens is 337 g/mol. The molecule has 2 rings (SSSR count). The number of ether oxygens (including phenoxy) is 3. The van der Waals surface area contributed by atoms with E-state index in [1.54, 1.807) is 51.5 Å². The summed E-state index contributed by atoms with van der Waals surface area (Å²) in [5.41, 5.74) is 1.35. The molecule has 0 aliphatic rings. The minimum atomic E-state index is -0.362. The number of nitrogens with zero attached hydrogens (tertiary/aromatic N) is 1. The molecule has 140 valence electrons. The lowest BCUT2D eigenvalue weighted by Crippen LogP contribution is -2.30. The maximum Gasteiger partial charge on any atom is 0.226 e. The van der Waals surface area contributed by atoms with Crippen LogP contribution in [0.25, 0.3) is 0 Å². The lowest BCUT2D eigenvalue weighted by molar-refractivity contribution is -0.129. The number of carbonyl (C=O) groups excluding carboxylic acids is 1. The highest BCUT2D eigenvalue weighted by molar-refractivity contribution is 5.78. The molecule has 0 aliphatic carbocycles. The van der Waals surface area contributed by atoms with Crippen molar-refractivity contribution in [2.75, 3.05) is 34.9 Å². The number of carbonyl (C=O) groups is 1. The van der Waals surface area contributed by atoms with Gasteiger partial charge in [-0.25, -0.2) is 4.39 Å². The number of amides is 1. The Bertz CT molecular complexity index is 738. The van der Waals surface area contributed by atoms with Crippen molar-refractivity contribution in [2.24, 2.45) is 0 Å². The number of rotatable bonds is 8. The Morgan fingerprint density at radius 3 is 2.19 bits per heavy atom. The molecule has 0 aliphatic heterocycles. The Kier molecular flexibility index (Phi) is 6.83. The lowest BCUT2D eigenvalue weighted by atomic mass is 10.1. The van der Waals surface area contributed by atoms with Crippen LogP contribution in [0.4, 0.5) is 4.39 Å². The summed E-state index contributed by atoms with van der Waals surface area (Å²) >= 11 is 0. The van der Waals surface area contributed by atoms with Gasteiger partial charge in [-0.15, -0.1) is 0 Å². The summed E-state index contributed by atoms with van der Waals surface area (Å²) in [6.07, 6.45) is 0.647. The zero-order valence-corrected chi connectivity index (χ0v) is 15.5. The van der Waals surface area contributed by atoms with E-state index in [0.29, 0.717) is 35.8 Å². The topological polar surface area (TPSA) is 48.0 Å². The van der Waals surface area contributed by atoms with Gasteiger partial charge in [0.1, 0.15) is 5.82 Å². The van der Waals surface area contributed by atoms with Crippen LogP contribution in [0.2, 0.25) is 0 Å². The molecule has 0 fully saturated rings. The molecule has 0 saturated carbocycles. The SMILES string of the molecule is COc1cc(CCN(C)C(=O)Cc2ccccc2F)cc(OC)c1OC. The molecule has 0 spiro atoms. The average molecular weight is 361 g/mol. The molecule has 0 aromatic heterocycles. The van der Waals surface area contributed by atoms with Crippen molar-refractivity contribution in [2.45, 2.75) is 12.8 Å². The van der Waals surface area contributed by atoms with E-state index in [0.717, 1.165) is 5.56 Å². The zero-order chi connectivity index (χ0) is 19.1. The maximum atomic E-state index is 13.7. The fourth-order valence-electron chi connectivity index (χ4n) is 2.64. The van der Waals surface area contributed by atoms with Gasteiger partial charge < -0.3 is 19.1 Å². The van der Waals surface area contributed by atoms with E-state index in [9.17, 15) is 9.18 Å². The van der Waals surface area contributed by atoms with Crippen LogP contribution in [0.5, 0.6) is 17.2 Å². The van der Waals surface area contributed by atoms with Crippen molar-refractivity contribution in [3.63, 3.8) is 0 Å². The smallest absolute Gasteiger partial charge is 0.226 e. The summed E-state index contributed by atoms with van der Waals surface area (Å²) in [4.78, 5) is 13.9. The molecule has 2 aromatic rings. The first-order valence-corrected chi connectivity index (χ1v) is 8.26. The van der Waals surface area contributed by atoms with Gasteiger partial charge in [0, 0.05) is 13.6 Å². The predicted molar refractivity (Wildman–Crippen MR) is 97.5 cm³/mol. The second kappa shape index (κ2) is 9.08. The fraction of sp³-hybridized carbons (Fsp3) is 0.350. The monoisotopic (exact) mass is 361 g/mol. The lowest BCUT2D eigenvalue weighted by Gasteiger charge is -2.19. The third-order valence-electron chi connectivity index (χ3n) is 4.19. The van der Waals surface area contributed by atoms with E-state index in [1.165, 1.54) is 6.07 Å². The molecule has 0 radical (unpaired) electrons. The molecule has 0 bridgehead atoms. The normalized spacial score (nSPS) is 10.3. The van der Waals surface area contributed by atoms with E-state index < -0.39 is 0 Å². The second-order valence-corrected chi connectivity index (χ2v) is 5.87. The molecule has 0 N–H and O–H groups in total. The van der Waals surface area contributed by atoms with Gasteiger partial charge in [0.05, 0.1) is 27.8 Å². The van der Waals surface area contributed by atoms with E-state index in [2.05, 4.69) is 0 Å². The Hall–Kier alpha value is -2.76. The third-order valence-corrected chi connectivity index (χ3v) is 4.19. The van der Waals surface area contributed by atoms with E-state index in [-0.39, 0.29) is 18.1 Å². The number of hydrogen-bond acceptors (Lipinski definition) is 4. The Balaban J connectivity index is 2.03. The number of halogens is 1. The minimum absolute atomic E-state index is 0.0401. The highest BCUT2D eigenvalue weighted by Crippen LogP contribution is 2.38. The van der Waals surface area contributed by atoms with E-state index in [1.807, 2.05) is 12.1 Å². The first kappa shape index (κ1) is 19.6. The van der Waals surface area contributed by atoms with Gasteiger partial charge in [0.25, 0.3) is 0 Å². The largest absolute Gasteiger partial charge is 0.493 e. The molecule has 1 amide bonds. The van der Waals surface area contributed by atoms with Crippen molar-refractivity contribution in [1.29, 1.82) is 0 Å². The van der Waals surface area contributed by atoms with E-state index >= 15 is 0 Å². The van der Waals surface area contributed by atoms with Gasteiger partial charge >= 0.3 is 0 Å². The van der Waals surface area contributed by atoms with Crippen LogP contribution < -0.4 is 14.2 Å². The van der Waals surface area contributed by atoms with Crippen LogP contribution in [0.1, 0.15) is 11.1 Å². The van der Waals surface area contributed by atoms with Gasteiger partial charge in [-0.1, -0.05) is 18.2 Å². The van der Waals surface area contributed by atoms with Crippen LogP contribution in [0, 0.1) is 5.82 Å². The quantitative estimate of drug-likeness (QED) is 0.725. The number of hydrogen-bond donors (Lipinski definition) is 0. The van der Waals surface area contributed by atoms with Gasteiger partial charge in [-0.2, -0.15) is 0 Å². The predicted octanol–water partition coefficient (Wildman–Crippen LogP) is 3.10. The van der Waals surface area contributed by atoms with Gasteiger partial charge in [-0.05, 0) is 35.7 Å². The van der Waals surface area contributed by atoms with Gasteiger partial charge in [0.15, 0.2) is 11.5 Å². The molecule has 5 nitrogen and oxygen atoms in total. The van der Waals surface area contributed by atoms with Crippen LogP contribution in [-0.4, -0.2) is 45.7 Å². The summed E-state index contributed by atoms with van der Waals surface area (Å²) in [5.74, 6) is 1.17. The van der Waals surface area contributed by atoms with Crippen LogP contribution in [-0.2, 0) is 17.6 Å². The summed E-state index contributed by atoms with van der Waals surface area (Å²) < 4.78 is 29.7. The highest BCUT2D eigenvalue weighted by atomic mass is 19.1. The number of methoxy groups -OCH3 is 3. The summed E-state index contributed by atoms with van der Waals surface area (Å²) in [6.45, 7) is 0.492. The first-order valence-electron chi connectivity index (χ1n) is 8.26. The number of likely N-dealkylation sites (N-methyl/N-ethyl adjacent to an activating group) is 1. The van der Waals surface area contributed by atoms with Gasteiger partial charge in [0.2, 0.25) is 11.7 Å². The van der Waals surface area contributed by atoms with Crippen molar-refractivity contribution < 1.29 is 23.4 Å². The summed E-state index contributed by atoms with van der Waals surface area (Å²) in [7, 11) is 6.38. The number of benzene rings is 2. The third kappa shape index (κ3) is 4.65. The Morgan fingerprint density at radius 2 is 1.65 bits per heavy atom. The Morgan fingerprint density at radius 1 is 1.04 bits per heavy atom. The average Bonchev–Trinajstić information content (AvgIpc) is 2.66. The van der Waals surface area contributed by atoms with E-state index in [4.69, 9.17) is 14.2 Å². The molecule has 2 aromatic carbocycles. The standard InChI is InChI=1S/C20H24FNO4/c1-22(19(23)13-15-7-5-6-8-16(15)21)10-9-14-11-17(24-2)20(26-4)18(12-14)25-3/h5-8,11-12H,9-10,13H2,1-4H3. The van der Waals surface area contributed by atoms with Gasteiger partial charge in [-0.3, -0.25) is 4.79 Å². The molecular formula is C20H24FNO4. The highest BCUT2D eigenvalue weighted by Gasteiger charge is 2.15. The van der Waals surface area contributed by atoms with Crippen LogP contribution >= 0.6 is 0 Å². The van der Waals surface area contributed by atoms with Crippen molar-refractivity contribution in [3.05, 3.63) is 53.3 Å². The molecule has 6 heteroatoms. The zero-order valence-electron chi connectivity index (χ0n) is 15.5. The first-order chi connectivity index (χ1) is 12.5. The summed E-state index contributed by atoms with van der Waals surface area (Å²) in [6, 6.07) is 10.0. The molecule has 0 atom stereocenters. The maximum absolute atomic E-state index is 13.7. The van der Waals surface area contributed by atoms with Crippen molar-refractivity contribution in [1.82, 2.24) is 4.90 Å². The second-order valence-electron chi connectivity index (χ2n) is 5.87. The minimum Gasteiger partial charge on any atom is -0.493 e. The van der Waals surface area contributed by atoms with Crippen molar-refractivity contribution in [3.8, 4) is 17.2 Å². The van der Waals surface area contributed by atoms with Crippen LogP contribution in [0.3, 0.4) is 0 Å². The molecule has 0 heterocycles. The van der Waals surface area contributed by atoms with Crippen molar-refractivity contribution >= 4 is 5.91 Å². The molecule has 0 unspecified atom stereocenters. The fourth-order valence-corrected chi connectivity index (χ4v) is 2.64.